The maximum absolute atomic E-state index is 13.4. The SMILES string of the molecule is CCNC(=NCC1(c2ccc(F)cc2)CCOCC1)NC1CCCCC1.I. The van der Waals surface area contributed by atoms with Crippen LogP contribution in [-0.4, -0.2) is 38.3 Å². The number of nitrogens with one attached hydrogen (secondary N) is 2. The number of hydrogen-bond acceptors (Lipinski definition) is 2. The lowest BCUT2D eigenvalue weighted by Crippen LogP contribution is -2.45. The first-order valence-corrected chi connectivity index (χ1v) is 10.1. The summed E-state index contributed by atoms with van der Waals surface area (Å²) in [5, 5.41) is 7.02. The van der Waals surface area contributed by atoms with E-state index in [1.807, 2.05) is 12.1 Å². The second kappa shape index (κ2) is 11.2. The Morgan fingerprint density at radius 1 is 1.15 bits per heavy atom. The maximum Gasteiger partial charge on any atom is 0.191 e. The van der Waals surface area contributed by atoms with Crippen molar-refractivity contribution >= 4 is 29.9 Å². The minimum atomic E-state index is -0.188. The van der Waals surface area contributed by atoms with Crippen molar-refractivity contribution in [3.8, 4) is 0 Å². The van der Waals surface area contributed by atoms with Gasteiger partial charge in [0.25, 0.3) is 0 Å². The summed E-state index contributed by atoms with van der Waals surface area (Å²) in [7, 11) is 0. The Morgan fingerprint density at radius 3 is 2.44 bits per heavy atom. The summed E-state index contributed by atoms with van der Waals surface area (Å²) in [4.78, 5) is 4.95. The van der Waals surface area contributed by atoms with Crippen LogP contribution in [0.5, 0.6) is 0 Å². The van der Waals surface area contributed by atoms with Crippen molar-refractivity contribution in [2.24, 2.45) is 4.99 Å². The molecule has 0 atom stereocenters. The van der Waals surface area contributed by atoms with Gasteiger partial charge in [0, 0.05) is 31.2 Å². The first-order chi connectivity index (χ1) is 12.7. The Kier molecular flexibility index (Phi) is 9.29. The third-order valence-corrected chi connectivity index (χ3v) is 5.74. The van der Waals surface area contributed by atoms with E-state index in [1.54, 1.807) is 12.1 Å². The molecule has 3 rings (SSSR count). The molecule has 27 heavy (non-hydrogen) atoms. The molecule has 1 heterocycles. The average molecular weight is 489 g/mol. The standard InChI is InChI=1S/C21H32FN3O.HI/c1-2-23-20(25-19-6-4-3-5-7-19)24-16-21(12-14-26-15-13-21)17-8-10-18(22)11-9-17;/h8-11,19H,2-7,12-16H2,1H3,(H2,23,24,25);1H. The lowest BCUT2D eigenvalue weighted by atomic mass is 9.74. The molecule has 1 aliphatic heterocycles. The molecule has 1 aliphatic carbocycles. The summed E-state index contributed by atoms with van der Waals surface area (Å²) in [6.45, 7) is 5.12. The summed E-state index contributed by atoms with van der Waals surface area (Å²) in [5.41, 5.74) is 1.10. The van der Waals surface area contributed by atoms with Crippen molar-refractivity contribution < 1.29 is 9.13 Å². The predicted molar refractivity (Wildman–Crippen MR) is 120 cm³/mol. The van der Waals surface area contributed by atoms with E-state index in [4.69, 9.17) is 9.73 Å². The molecular weight excluding hydrogens is 456 g/mol. The average Bonchev–Trinajstić information content (AvgIpc) is 2.68. The molecule has 1 aromatic rings. The number of hydrogen-bond donors (Lipinski definition) is 2. The fraction of sp³-hybridized carbons (Fsp3) is 0.667. The number of benzene rings is 1. The van der Waals surface area contributed by atoms with Crippen LogP contribution in [0.1, 0.15) is 57.4 Å². The molecule has 4 nitrogen and oxygen atoms in total. The third kappa shape index (κ3) is 6.31. The molecule has 0 aromatic heterocycles. The smallest absolute Gasteiger partial charge is 0.191 e. The van der Waals surface area contributed by atoms with Crippen LogP contribution in [0, 0.1) is 5.82 Å². The van der Waals surface area contributed by atoms with Gasteiger partial charge < -0.3 is 15.4 Å². The molecule has 2 N–H and O–H groups in total. The van der Waals surface area contributed by atoms with Crippen molar-refractivity contribution in [1.29, 1.82) is 0 Å². The quantitative estimate of drug-likeness (QED) is 0.367. The van der Waals surface area contributed by atoms with Crippen molar-refractivity contribution in [3.63, 3.8) is 0 Å². The Labute approximate surface area is 179 Å². The molecule has 0 spiro atoms. The van der Waals surface area contributed by atoms with Gasteiger partial charge in [-0.3, -0.25) is 4.99 Å². The van der Waals surface area contributed by atoms with E-state index >= 15 is 0 Å². The number of nitrogens with zero attached hydrogens (tertiary/aromatic N) is 1. The van der Waals surface area contributed by atoms with Crippen LogP contribution in [0.3, 0.4) is 0 Å². The van der Waals surface area contributed by atoms with E-state index in [9.17, 15) is 4.39 Å². The van der Waals surface area contributed by atoms with Gasteiger partial charge in [-0.25, -0.2) is 4.39 Å². The number of ether oxygens (including phenoxy) is 1. The largest absolute Gasteiger partial charge is 0.381 e. The van der Waals surface area contributed by atoms with Crippen LogP contribution < -0.4 is 10.6 Å². The summed E-state index contributed by atoms with van der Waals surface area (Å²) >= 11 is 0. The Hall–Kier alpha value is -0.890. The van der Waals surface area contributed by atoms with Gasteiger partial charge in [-0.05, 0) is 50.3 Å². The van der Waals surface area contributed by atoms with E-state index in [1.165, 1.54) is 37.7 Å². The van der Waals surface area contributed by atoms with Crippen molar-refractivity contribution in [2.75, 3.05) is 26.3 Å². The Morgan fingerprint density at radius 2 is 1.81 bits per heavy atom. The highest BCUT2D eigenvalue weighted by molar-refractivity contribution is 14.0. The third-order valence-electron chi connectivity index (χ3n) is 5.74. The molecule has 2 aliphatic rings. The maximum atomic E-state index is 13.4. The highest BCUT2D eigenvalue weighted by Crippen LogP contribution is 2.35. The highest BCUT2D eigenvalue weighted by atomic mass is 127. The lowest BCUT2D eigenvalue weighted by Gasteiger charge is -2.37. The topological polar surface area (TPSA) is 45.7 Å². The van der Waals surface area contributed by atoms with Gasteiger partial charge in [0.1, 0.15) is 5.82 Å². The molecular formula is C21H33FIN3O. The van der Waals surface area contributed by atoms with E-state index in [0.717, 1.165) is 38.6 Å². The summed E-state index contributed by atoms with van der Waals surface area (Å²) < 4.78 is 19.0. The lowest BCUT2D eigenvalue weighted by molar-refractivity contribution is 0.0530. The zero-order valence-corrected chi connectivity index (χ0v) is 18.6. The zero-order chi connectivity index (χ0) is 18.2. The van der Waals surface area contributed by atoms with Crippen LogP contribution >= 0.6 is 24.0 Å². The normalized spacial score (nSPS) is 20.6. The predicted octanol–water partition coefficient (Wildman–Crippen LogP) is 4.38. The van der Waals surface area contributed by atoms with E-state index in [0.29, 0.717) is 12.6 Å². The summed E-state index contributed by atoms with van der Waals surface area (Å²) in [6.07, 6.45) is 8.24. The van der Waals surface area contributed by atoms with Gasteiger partial charge in [0.2, 0.25) is 0 Å². The number of aliphatic imine (C=N–C) groups is 1. The van der Waals surface area contributed by atoms with E-state index in [2.05, 4.69) is 17.6 Å². The fourth-order valence-corrected chi connectivity index (χ4v) is 4.09. The minimum Gasteiger partial charge on any atom is -0.381 e. The number of rotatable bonds is 5. The Bertz CT molecular complexity index is 582. The summed E-state index contributed by atoms with van der Waals surface area (Å²) in [5.74, 6) is 0.721. The number of halogens is 2. The first-order valence-electron chi connectivity index (χ1n) is 10.1. The van der Waals surface area contributed by atoms with Gasteiger partial charge in [0.05, 0.1) is 6.54 Å². The van der Waals surface area contributed by atoms with E-state index in [-0.39, 0.29) is 35.2 Å². The highest BCUT2D eigenvalue weighted by Gasteiger charge is 2.34. The summed E-state index contributed by atoms with van der Waals surface area (Å²) in [6, 6.07) is 7.47. The second-order valence-electron chi connectivity index (χ2n) is 7.57. The van der Waals surface area contributed by atoms with Gasteiger partial charge in [-0.15, -0.1) is 24.0 Å². The number of guanidine groups is 1. The molecule has 0 radical (unpaired) electrons. The monoisotopic (exact) mass is 489 g/mol. The molecule has 0 amide bonds. The fourth-order valence-electron chi connectivity index (χ4n) is 4.09. The van der Waals surface area contributed by atoms with Crippen LogP contribution in [0.2, 0.25) is 0 Å². The molecule has 0 bridgehead atoms. The molecule has 152 valence electrons. The van der Waals surface area contributed by atoms with Crippen LogP contribution in [0.25, 0.3) is 0 Å². The van der Waals surface area contributed by atoms with Crippen LogP contribution in [-0.2, 0) is 10.2 Å². The molecule has 2 fully saturated rings. The molecule has 1 saturated carbocycles. The van der Waals surface area contributed by atoms with Crippen LogP contribution in [0.4, 0.5) is 4.39 Å². The van der Waals surface area contributed by atoms with Gasteiger partial charge in [0.15, 0.2) is 5.96 Å². The van der Waals surface area contributed by atoms with Gasteiger partial charge in [-0.1, -0.05) is 31.4 Å². The van der Waals surface area contributed by atoms with Crippen LogP contribution in [0.15, 0.2) is 29.3 Å². The van der Waals surface area contributed by atoms with Crippen molar-refractivity contribution in [3.05, 3.63) is 35.6 Å². The molecule has 6 heteroatoms. The molecule has 0 unspecified atom stereocenters. The van der Waals surface area contributed by atoms with Crippen molar-refractivity contribution in [1.82, 2.24) is 10.6 Å². The second-order valence-corrected chi connectivity index (χ2v) is 7.57. The van der Waals surface area contributed by atoms with Gasteiger partial charge >= 0.3 is 0 Å². The van der Waals surface area contributed by atoms with Crippen molar-refractivity contribution in [2.45, 2.75) is 63.3 Å². The van der Waals surface area contributed by atoms with E-state index < -0.39 is 0 Å². The van der Waals surface area contributed by atoms with Gasteiger partial charge in [-0.2, -0.15) is 0 Å². The minimum absolute atomic E-state index is 0. The Balaban J connectivity index is 0.00000261. The molecule has 1 aromatic carbocycles. The molecule has 1 saturated heterocycles. The zero-order valence-electron chi connectivity index (χ0n) is 16.3. The first kappa shape index (κ1) is 22.4.